The van der Waals surface area contributed by atoms with Crippen molar-refractivity contribution < 1.29 is 37.2 Å². The predicted molar refractivity (Wildman–Crippen MR) is 123 cm³/mol. The number of nitro groups is 1. The summed E-state index contributed by atoms with van der Waals surface area (Å²) in [6, 6.07) is 11.4. The second-order valence-corrected chi connectivity index (χ2v) is 7.95. The standard InChI is InChI=1S/C23H13Cl2F3N2O6/c24-13-6-8-18(16(10-13)23(26,27)28)29-20(31)11-36-22(33)15-4-2-1-3-14(15)21(32)12-5-7-17(25)19(9-12)30(34)35/h1-10H,11H2,(H,29,31). The number of nitro benzene ring substituents is 1. The Hall–Kier alpha value is -3.96. The monoisotopic (exact) mass is 540 g/mol. The lowest BCUT2D eigenvalue weighted by Crippen LogP contribution is -2.23. The van der Waals surface area contributed by atoms with Gasteiger partial charge in [-0.15, -0.1) is 0 Å². The van der Waals surface area contributed by atoms with Gasteiger partial charge >= 0.3 is 12.1 Å². The third-order valence-corrected chi connectivity index (χ3v) is 5.25. The number of amides is 1. The molecule has 0 radical (unpaired) electrons. The van der Waals surface area contributed by atoms with Crippen molar-refractivity contribution in [3.05, 3.63) is 103 Å². The van der Waals surface area contributed by atoms with E-state index in [2.05, 4.69) is 0 Å². The molecule has 3 rings (SSSR count). The first kappa shape index (κ1) is 26.6. The molecular formula is C23H13Cl2F3N2O6. The van der Waals surface area contributed by atoms with Gasteiger partial charge in [0.2, 0.25) is 0 Å². The Morgan fingerprint density at radius 3 is 2.28 bits per heavy atom. The fourth-order valence-electron chi connectivity index (χ4n) is 3.06. The summed E-state index contributed by atoms with van der Waals surface area (Å²) in [6.45, 7) is -0.965. The molecule has 1 N–H and O–H groups in total. The second kappa shape index (κ2) is 10.8. The molecule has 0 aliphatic rings. The number of nitrogens with zero attached hydrogens (tertiary/aromatic N) is 1. The van der Waals surface area contributed by atoms with Crippen molar-refractivity contribution in [1.82, 2.24) is 0 Å². The molecule has 0 saturated carbocycles. The van der Waals surface area contributed by atoms with Gasteiger partial charge in [0.15, 0.2) is 12.4 Å². The van der Waals surface area contributed by atoms with E-state index in [0.717, 1.165) is 24.3 Å². The summed E-state index contributed by atoms with van der Waals surface area (Å²) in [6.07, 6.45) is -4.81. The molecule has 0 saturated heterocycles. The smallest absolute Gasteiger partial charge is 0.418 e. The van der Waals surface area contributed by atoms with Gasteiger partial charge in [-0.05, 0) is 36.4 Å². The van der Waals surface area contributed by atoms with Gasteiger partial charge in [-0.25, -0.2) is 4.79 Å². The van der Waals surface area contributed by atoms with E-state index in [1.54, 1.807) is 0 Å². The lowest BCUT2D eigenvalue weighted by Gasteiger charge is -2.14. The largest absolute Gasteiger partial charge is 0.452 e. The first-order valence-electron chi connectivity index (χ1n) is 9.80. The summed E-state index contributed by atoms with van der Waals surface area (Å²) in [5.74, 6) is -2.96. The summed E-state index contributed by atoms with van der Waals surface area (Å²) in [5, 5.41) is 12.7. The summed E-state index contributed by atoms with van der Waals surface area (Å²) in [4.78, 5) is 48.0. The molecule has 0 unspecified atom stereocenters. The Bertz CT molecular complexity index is 1380. The highest BCUT2D eigenvalue weighted by molar-refractivity contribution is 6.33. The number of hydrogen-bond acceptors (Lipinski definition) is 6. The molecule has 36 heavy (non-hydrogen) atoms. The minimum Gasteiger partial charge on any atom is -0.452 e. The van der Waals surface area contributed by atoms with Crippen molar-refractivity contribution >= 4 is 52.2 Å². The summed E-state index contributed by atoms with van der Waals surface area (Å²) in [5.41, 5.74) is -2.88. The van der Waals surface area contributed by atoms with Crippen LogP contribution in [0.2, 0.25) is 10.0 Å². The van der Waals surface area contributed by atoms with Crippen LogP contribution < -0.4 is 5.32 Å². The highest BCUT2D eigenvalue weighted by atomic mass is 35.5. The zero-order valence-corrected chi connectivity index (χ0v) is 19.3. The van der Waals surface area contributed by atoms with Gasteiger partial charge in [0, 0.05) is 22.2 Å². The summed E-state index contributed by atoms with van der Waals surface area (Å²) < 4.78 is 44.5. The number of carbonyl (C=O) groups excluding carboxylic acids is 3. The SMILES string of the molecule is O=C(COC(=O)c1ccccc1C(=O)c1ccc(Cl)c([N+](=O)[O-])c1)Nc1ccc(Cl)cc1C(F)(F)F. The molecule has 8 nitrogen and oxygen atoms in total. The van der Waals surface area contributed by atoms with Crippen LogP contribution in [0.1, 0.15) is 31.8 Å². The zero-order chi connectivity index (χ0) is 26.6. The number of hydrogen-bond donors (Lipinski definition) is 1. The first-order chi connectivity index (χ1) is 16.9. The van der Waals surface area contributed by atoms with Crippen LogP contribution >= 0.6 is 23.2 Å². The number of esters is 1. The number of anilines is 1. The molecule has 0 aliphatic carbocycles. The minimum atomic E-state index is -4.81. The van der Waals surface area contributed by atoms with Crippen LogP contribution in [-0.4, -0.2) is 29.2 Å². The first-order valence-corrected chi connectivity index (χ1v) is 10.6. The molecule has 0 aliphatic heterocycles. The Balaban J connectivity index is 1.76. The molecule has 3 aromatic rings. The topological polar surface area (TPSA) is 116 Å². The predicted octanol–water partition coefficient (Wildman–Crippen LogP) is 5.95. The fourth-order valence-corrected chi connectivity index (χ4v) is 3.42. The van der Waals surface area contributed by atoms with Crippen LogP contribution in [0.25, 0.3) is 0 Å². The minimum absolute atomic E-state index is 0.133. The van der Waals surface area contributed by atoms with Crippen LogP contribution in [0.15, 0.2) is 60.7 Å². The van der Waals surface area contributed by atoms with Crippen LogP contribution in [0.5, 0.6) is 0 Å². The van der Waals surface area contributed by atoms with E-state index in [1.807, 2.05) is 5.32 Å². The molecule has 0 spiro atoms. The molecule has 186 valence electrons. The number of nitrogens with one attached hydrogen (secondary N) is 1. The molecule has 13 heteroatoms. The molecule has 0 aromatic heterocycles. The highest BCUT2D eigenvalue weighted by Crippen LogP contribution is 2.36. The maximum Gasteiger partial charge on any atom is 0.418 e. The van der Waals surface area contributed by atoms with Gasteiger partial charge in [0.1, 0.15) is 5.02 Å². The highest BCUT2D eigenvalue weighted by Gasteiger charge is 2.34. The number of carbonyl (C=O) groups is 3. The Labute approximate surface area is 210 Å². The van der Waals surface area contributed by atoms with E-state index in [-0.39, 0.29) is 26.7 Å². The van der Waals surface area contributed by atoms with E-state index < -0.39 is 52.3 Å². The van der Waals surface area contributed by atoms with E-state index in [1.165, 1.54) is 30.3 Å². The van der Waals surface area contributed by atoms with Crippen LogP contribution in [-0.2, 0) is 15.7 Å². The molecule has 0 atom stereocenters. The average molecular weight is 541 g/mol. The van der Waals surface area contributed by atoms with Gasteiger partial charge < -0.3 is 10.1 Å². The van der Waals surface area contributed by atoms with Crippen LogP contribution in [0, 0.1) is 10.1 Å². The third-order valence-electron chi connectivity index (χ3n) is 4.69. The van der Waals surface area contributed by atoms with Gasteiger partial charge in [-0.2, -0.15) is 13.2 Å². The number of rotatable bonds is 7. The van der Waals surface area contributed by atoms with Crippen molar-refractivity contribution in [3.8, 4) is 0 Å². The molecule has 3 aromatic carbocycles. The molecule has 0 bridgehead atoms. The van der Waals surface area contributed by atoms with Crippen LogP contribution in [0.3, 0.4) is 0 Å². The molecule has 1 amide bonds. The van der Waals surface area contributed by atoms with Gasteiger partial charge in [0.25, 0.3) is 11.6 Å². The fraction of sp³-hybridized carbons (Fsp3) is 0.0870. The Morgan fingerprint density at radius 1 is 0.972 bits per heavy atom. The number of ketones is 1. The van der Waals surface area contributed by atoms with Crippen molar-refractivity contribution in [2.24, 2.45) is 0 Å². The summed E-state index contributed by atoms with van der Waals surface area (Å²) >= 11 is 11.4. The lowest BCUT2D eigenvalue weighted by molar-refractivity contribution is -0.384. The van der Waals surface area contributed by atoms with Crippen LogP contribution in [0.4, 0.5) is 24.5 Å². The average Bonchev–Trinajstić information content (AvgIpc) is 2.82. The van der Waals surface area contributed by atoms with E-state index in [9.17, 15) is 37.7 Å². The quantitative estimate of drug-likeness (QED) is 0.171. The van der Waals surface area contributed by atoms with Gasteiger partial charge in [-0.3, -0.25) is 19.7 Å². The second-order valence-electron chi connectivity index (χ2n) is 7.11. The summed E-state index contributed by atoms with van der Waals surface area (Å²) in [7, 11) is 0. The number of ether oxygens (including phenoxy) is 1. The number of halogens is 5. The molecule has 0 fully saturated rings. The van der Waals surface area contributed by atoms with E-state index in [0.29, 0.717) is 6.07 Å². The van der Waals surface area contributed by atoms with Crippen molar-refractivity contribution in [2.45, 2.75) is 6.18 Å². The van der Waals surface area contributed by atoms with Gasteiger partial charge in [0.05, 0.1) is 21.7 Å². The molecule has 0 heterocycles. The lowest BCUT2D eigenvalue weighted by atomic mass is 9.98. The third kappa shape index (κ3) is 6.18. The Morgan fingerprint density at radius 2 is 1.64 bits per heavy atom. The van der Waals surface area contributed by atoms with Crippen molar-refractivity contribution in [1.29, 1.82) is 0 Å². The normalized spacial score (nSPS) is 11.0. The maximum absolute atomic E-state index is 13.2. The number of benzene rings is 3. The molecular weight excluding hydrogens is 528 g/mol. The van der Waals surface area contributed by atoms with E-state index in [4.69, 9.17) is 27.9 Å². The van der Waals surface area contributed by atoms with Crippen molar-refractivity contribution in [2.75, 3.05) is 11.9 Å². The van der Waals surface area contributed by atoms with Gasteiger partial charge in [-0.1, -0.05) is 41.4 Å². The maximum atomic E-state index is 13.2. The van der Waals surface area contributed by atoms with E-state index >= 15 is 0 Å². The zero-order valence-electron chi connectivity index (χ0n) is 17.8. The van der Waals surface area contributed by atoms with Crippen molar-refractivity contribution in [3.63, 3.8) is 0 Å². The Kier molecular flexibility index (Phi) is 7.96. The number of alkyl halides is 3.